The van der Waals surface area contributed by atoms with Crippen LogP contribution in [0.3, 0.4) is 0 Å². The maximum atomic E-state index is 12.3. The molecule has 0 aliphatic heterocycles. The van der Waals surface area contributed by atoms with Crippen molar-refractivity contribution in [2.75, 3.05) is 30.3 Å². The van der Waals surface area contributed by atoms with Crippen molar-refractivity contribution in [3.63, 3.8) is 0 Å². The van der Waals surface area contributed by atoms with Crippen molar-refractivity contribution in [3.05, 3.63) is 4.88 Å². The van der Waals surface area contributed by atoms with Crippen molar-refractivity contribution >= 4 is 28.2 Å². The molecule has 1 aromatic heterocycles. The summed E-state index contributed by atoms with van der Waals surface area (Å²) in [5, 5.41) is 3.87. The lowest BCUT2D eigenvalue weighted by Crippen LogP contribution is -2.34. The van der Waals surface area contributed by atoms with Gasteiger partial charge in [0, 0.05) is 19.6 Å². The highest BCUT2D eigenvalue weighted by Gasteiger charge is 2.29. The van der Waals surface area contributed by atoms with E-state index in [9.17, 15) is 4.79 Å². The standard InChI is InChI=1S/C15H26N4OS/c1-4-19(5-2)14-18-12(16)11(21-14)13(20)17-10-15(3)8-6-7-9-15/h4-10,16H2,1-3H3,(H,17,20). The topological polar surface area (TPSA) is 71.2 Å². The van der Waals surface area contributed by atoms with Gasteiger partial charge in [-0.15, -0.1) is 0 Å². The number of thiazole rings is 1. The summed E-state index contributed by atoms with van der Waals surface area (Å²) in [6, 6.07) is 0. The van der Waals surface area contributed by atoms with E-state index in [4.69, 9.17) is 5.73 Å². The molecule has 1 aromatic rings. The predicted octanol–water partition coefficient (Wildman–Crippen LogP) is 2.88. The number of carbonyl (C=O) groups excluding carboxylic acids is 1. The first kappa shape index (κ1) is 16.1. The fourth-order valence-electron chi connectivity index (χ4n) is 2.89. The summed E-state index contributed by atoms with van der Waals surface area (Å²) in [5.74, 6) is 0.257. The first-order valence-electron chi connectivity index (χ1n) is 7.78. The minimum Gasteiger partial charge on any atom is -0.382 e. The van der Waals surface area contributed by atoms with Crippen LogP contribution < -0.4 is 16.0 Å². The molecule has 0 saturated heterocycles. The van der Waals surface area contributed by atoms with E-state index in [-0.39, 0.29) is 11.3 Å². The second-order valence-corrected chi connectivity index (χ2v) is 7.06. The average molecular weight is 310 g/mol. The van der Waals surface area contributed by atoms with Crippen LogP contribution in [0.4, 0.5) is 10.9 Å². The number of nitrogens with zero attached hydrogens (tertiary/aromatic N) is 2. The van der Waals surface area contributed by atoms with E-state index in [1.54, 1.807) is 0 Å². The smallest absolute Gasteiger partial charge is 0.265 e. The molecule has 2 rings (SSSR count). The largest absolute Gasteiger partial charge is 0.382 e. The molecule has 21 heavy (non-hydrogen) atoms. The Morgan fingerprint density at radius 2 is 2.00 bits per heavy atom. The molecule has 0 atom stereocenters. The minimum atomic E-state index is -0.0865. The van der Waals surface area contributed by atoms with Crippen LogP contribution in [0.25, 0.3) is 0 Å². The van der Waals surface area contributed by atoms with Crippen molar-refractivity contribution in [3.8, 4) is 0 Å². The summed E-state index contributed by atoms with van der Waals surface area (Å²) in [6.45, 7) is 8.84. The van der Waals surface area contributed by atoms with Crippen LogP contribution in [0, 0.1) is 5.41 Å². The molecule has 1 aliphatic carbocycles. The van der Waals surface area contributed by atoms with Crippen LogP contribution in [0.15, 0.2) is 0 Å². The lowest BCUT2D eigenvalue weighted by molar-refractivity contribution is 0.0939. The highest BCUT2D eigenvalue weighted by atomic mass is 32.1. The van der Waals surface area contributed by atoms with Gasteiger partial charge in [0.05, 0.1) is 0 Å². The Labute approximate surface area is 130 Å². The Morgan fingerprint density at radius 3 is 2.57 bits per heavy atom. The summed E-state index contributed by atoms with van der Waals surface area (Å²) in [7, 11) is 0. The van der Waals surface area contributed by atoms with Gasteiger partial charge in [-0.25, -0.2) is 4.98 Å². The van der Waals surface area contributed by atoms with Crippen LogP contribution in [-0.2, 0) is 0 Å². The van der Waals surface area contributed by atoms with Gasteiger partial charge in [-0.2, -0.15) is 0 Å². The van der Waals surface area contributed by atoms with Crippen LogP contribution >= 0.6 is 11.3 Å². The number of anilines is 2. The van der Waals surface area contributed by atoms with Crippen molar-refractivity contribution in [1.29, 1.82) is 0 Å². The molecule has 3 N–H and O–H groups in total. The van der Waals surface area contributed by atoms with E-state index in [1.807, 2.05) is 0 Å². The maximum Gasteiger partial charge on any atom is 0.265 e. The molecule has 0 aromatic carbocycles. The van der Waals surface area contributed by atoms with Crippen molar-refractivity contribution in [1.82, 2.24) is 10.3 Å². The molecule has 1 fully saturated rings. The van der Waals surface area contributed by atoms with E-state index in [0.717, 1.165) is 24.8 Å². The first-order valence-corrected chi connectivity index (χ1v) is 8.60. The van der Waals surface area contributed by atoms with Gasteiger partial charge in [0.25, 0.3) is 5.91 Å². The number of nitrogens with one attached hydrogen (secondary N) is 1. The molecule has 1 aliphatic rings. The second-order valence-electron chi connectivity index (χ2n) is 6.08. The molecule has 0 unspecified atom stereocenters. The number of nitrogen functional groups attached to an aromatic ring is 1. The fourth-order valence-corrected chi connectivity index (χ4v) is 3.92. The van der Waals surface area contributed by atoms with Gasteiger partial charge in [0.2, 0.25) is 0 Å². The van der Waals surface area contributed by atoms with Crippen LogP contribution in [0.5, 0.6) is 0 Å². The Bertz CT molecular complexity index is 490. The van der Waals surface area contributed by atoms with Gasteiger partial charge in [-0.1, -0.05) is 31.1 Å². The predicted molar refractivity (Wildman–Crippen MR) is 89.0 cm³/mol. The molecule has 0 spiro atoms. The van der Waals surface area contributed by atoms with E-state index < -0.39 is 0 Å². The zero-order valence-electron chi connectivity index (χ0n) is 13.2. The quantitative estimate of drug-likeness (QED) is 0.847. The number of nitrogens with two attached hydrogens (primary N) is 1. The lowest BCUT2D eigenvalue weighted by atomic mass is 9.89. The van der Waals surface area contributed by atoms with E-state index in [1.165, 1.54) is 37.0 Å². The van der Waals surface area contributed by atoms with Gasteiger partial charge < -0.3 is 16.0 Å². The highest BCUT2D eigenvalue weighted by Crippen LogP contribution is 2.37. The molecule has 0 bridgehead atoms. The van der Waals surface area contributed by atoms with E-state index >= 15 is 0 Å². The number of carbonyl (C=O) groups is 1. The summed E-state index contributed by atoms with van der Waals surface area (Å²) in [6.07, 6.45) is 4.91. The zero-order valence-corrected chi connectivity index (χ0v) is 14.1. The molecular formula is C15H26N4OS. The zero-order chi connectivity index (χ0) is 15.5. The van der Waals surface area contributed by atoms with E-state index in [2.05, 4.69) is 36.0 Å². The maximum absolute atomic E-state index is 12.3. The Hall–Kier alpha value is -1.30. The second kappa shape index (κ2) is 6.64. The Kier molecular flexibility index (Phi) is 5.08. The van der Waals surface area contributed by atoms with Crippen molar-refractivity contribution < 1.29 is 4.79 Å². The monoisotopic (exact) mass is 310 g/mol. The highest BCUT2D eigenvalue weighted by molar-refractivity contribution is 7.18. The first-order chi connectivity index (χ1) is 9.99. The minimum absolute atomic E-state index is 0.0865. The van der Waals surface area contributed by atoms with Crippen molar-refractivity contribution in [2.45, 2.75) is 46.5 Å². The van der Waals surface area contributed by atoms with Crippen LogP contribution in [0.1, 0.15) is 56.1 Å². The molecule has 6 heteroatoms. The molecule has 5 nitrogen and oxygen atoms in total. The summed E-state index contributed by atoms with van der Waals surface area (Å²) in [4.78, 5) is 19.3. The molecular weight excluding hydrogens is 284 g/mol. The van der Waals surface area contributed by atoms with E-state index in [0.29, 0.717) is 10.7 Å². The summed E-state index contributed by atoms with van der Waals surface area (Å²) < 4.78 is 0. The normalized spacial score (nSPS) is 16.9. The fraction of sp³-hybridized carbons (Fsp3) is 0.733. The third-order valence-corrected chi connectivity index (χ3v) is 5.50. The molecule has 1 amide bonds. The van der Waals surface area contributed by atoms with Crippen LogP contribution in [0.2, 0.25) is 0 Å². The number of hydrogen-bond acceptors (Lipinski definition) is 5. The number of hydrogen-bond donors (Lipinski definition) is 2. The molecule has 1 heterocycles. The number of rotatable bonds is 6. The number of amides is 1. The number of aromatic nitrogens is 1. The van der Waals surface area contributed by atoms with Gasteiger partial charge in [-0.3, -0.25) is 4.79 Å². The molecule has 118 valence electrons. The molecule has 1 saturated carbocycles. The third-order valence-electron chi connectivity index (χ3n) is 4.37. The Morgan fingerprint density at radius 1 is 1.38 bits per heavy atom. The summed E-state index contributed by atoms with van der Waals surface area (Å²) in [5.41, 5.74) is 6.16. The van der Waals surface area contributed by atoms with Crippen molar-refractivity contribution in [2.24, 2.45) is 5.41 Å². The van der Waals surface area contributed by atoms with Gasteiger partial charge in [0.15, 0.2) is 5.13 Å². The van der Waals surface area contributed by atoms with Gasteiger partial charge in [0.1, 0.15) is 10.7 Å². The SMILES string of the molecule is CCN(CC)c1nc(N)c(C(=O)NCC2(C)CCCC2)s1. The summed E-state index contributed by atoms with van der Waals surface area (Å²) >= 11 is 1.38. The Balaban J connectivity index is 2.02. The van der Waals surface area contributed by atoms with Gasteiger partial charge in [-0.05, 0) is 32.1 Å². The van der Waals surface area contributed by atoms with Gasteiger partial charge >= 0.3 is 0 Å². The molecule has 0 radical (unpaired) electrons. The lowest BCUT2D eigenvalue weighted by Gasteiger charge is -2.23. The average Bonchev–Trinajstić information content (AvgIpc) is 3.05. The third kappa shape index (κ3) is 3.67. The van der Waals surface area contributed by atoms with Crippen LogP contribution in [-0.4, -0.2) is 30.5 Å².